The summed E-state index contributed by atoms with van der Waals surface area (Å²) in [5.41, 5.74) is 1.25. The molecule has 0 aliphatic heterocycles. The van der Waals surface area contributed by atoms with Crippen LogP contribution >= 0.6 is 0 Å². The number of benzene rings is 1. The zero-order valence-electron chi connectivity index (χ0n) is 12.9. The Morgan fingerprint density at radius 1 is 1.27 bits per heavy atom. The first-order valence-corrected chi connectivity index (χ1v) is 7.61. The van der Waals surface area contributed by atoms with E-state index in [-0.39, 0.29) is 17.9 Å². The molecular formula is C17H20N2O3. The van der Waals surface area contributed by atoms with E-state index in [9.17, 15) is 9.59 Å². The molecule has 2 aromatic rings. The highest BCUT2D eigenvalue weighted by Crippen LogP contribution is 2.27. The van der Waals surface area contributed by atoms with Gasteiger partial charge in [0.05, 0.1) is 18.2 Å². The van der Waals surface area contributed by atoms with E-state index in [1.54, 1.807) is 25.4 Å². The molecule has 1 saturated carbocycles. The number of methoxy groups -OCH3 is 1. The number of fused-ring (bicyclic) bond motifs is 1. The second-order valence-corrected chi connectivity index (χ2v) is 5.77. The Hall–Kier alpha value is -2.30. The molecule has 22 heavy (non-hydrogen) atoms. The molecule has 5 nitrogen and oxygen atoms in total. The highest BCUT2D eigenvalue weighted by atomic mass is 16.5. The van der Waals surface area contributed by atoms with Gasteiger partial charge in [0.1, 0.15) is 5.75 Å². The fraction of sp³-hybridized carbons (Fsp3) is 0.412. The number of amides is 1. The van der Waals surface area contributed by atoms with E-state index in [2.05, 4.69) is 5.32 Å². The highest BCUT2D eigenvalue weighted by Gasteiger charge is 2.22. The molecule has 0 saturated heterocycles. The van der Waals surface area contributed by atoms with Crippen molar-refractivity contribution in [2.75, 3.05) is 7.11 Å². The summed E-state index contributed by atoms with van der Waals surface area (Å²) >= 11 is 0. The van der Waals surface area contributed by atoms with Crippen molar-refractivity contribution in [3.63, 3.8) is 0 Å². The molecule has 1 N–H and O–H groups in total. The first-order chi connectivity index (χ1) is 10.6. The van der Waals surface area contributed by atoms with E-state index in [1.807, 2.05) is 6.07 Å². The monoisotopic (exact) mass is 300 g/mol. The molecule has 0 bridgehead atoms. The van der Waals surface area contributed by atoms with Crippen LogP contribution < -0.4 is 10.1 Å². The molecule has 1 heterocycles. The molecule has 1 aliphatic rings. The van der Waals surface area contributed by atoms with E-state index in [1.165, 1.54) is 11.5 Å². The van der Waals surface area contributed by atoms with Gasteiger partial charge in [-0.3, -0.25) is 14.2 Å². The van der Waals surface area contributed by atoms with Crippen molar-refractivity contribution in [3.8, 4) is 5.75 Å². The predicted octanol–water partition coefficient (Wildman–Crippen LogP) is 2.98. The van der Waals surface area contributed by atoms with Crippen LogP contribution in [0.5, 0.6) is 5.75 Å². The zero-order valence-corrected chi connectivity index (χ0v) is 12.9. The van der Waals surface area contributed by atoms with Crippen molar-refractivity contribution >= 4 is 22.7 Å². The molecule has 0 radical (unpaired) electrons. The lowest BCUT2D eigenvalue weighted by molar-refractivity contribution is 0.0939. The van der Waals surface area contributed by atoms with E-state index < -0.39 is 0 Å². The average Bonchev–Trinajstić information content (AvgIpc) is 3.13. The van der Waals surface area contributed by atoms with Gasteiger partial charge >= 0.3 is 0 Å². The van der Waals surface area contributed by atoms with E-state index in [4.69, 9.17) is 4.74 Å². The van der Waals surface area contributed by atoms with Gasteiger partial charge in [-0.25, -0.2) is 0 Å². The molecule has 3 rings (SSSR count). The largest absolute Gasteiger partial charge is 0.497 e. The Morgan fingerprint density at radius 3 is 2.64 bits per heavy atom. The standard InChI is InChI=1S/C17H20N2O3/c1-11(20)19-10-15(17(21)18-12-5-3-4-6-12)14-9-13(22-2)7-8-16(14)19/h7-10,12H,3-6H2,1-2H3,(H,18,21). The highest BCUT2D eigenvalue weighted by molar-refractivity contribution is 6.09. The normalized spacial score (nSPS) is 15.2. The number of rotatable bonds is 3. The van der Waals surface area contributed by atoms with Gasteiger partial charge < -0.3 is 10.1 Å². The Kier molecular flexibility index (Phi) is 3.88. The van der Waals surface area contributed by atoms with Crippen molar-refractivity contribution in [2.45, 2.75) is 38.6 Å². The quantitative estimate of drug-likeness (QED) is 0.948. The van der Waals surface area contributed by atoms with Gasteiger partial charge in [0.15, 0.2) is 0 Å². The van der Waals surface area contributed by atoms with Crippen molar-refractivity contribution < 1.29 is 14.3 Å². The Labute approximate surface area is 129 Å². The second kappa shape index (κ2) is 5.83. The van der Waals surface area contributed by atoms with Crippen LogP contribution in [0.1, 0.15) is 47.8 Å². The second-order valence-electron chi connectivity index (χ2n) is 5.77. The molecule has 1 aromatic carbocycles. The first kappa shape index (κ1) is 14.6. The number of carbonyl (C=O) groups is 2. The minimum atomic E-state index is -0.120. The third-order valence-corrected chi connectivity index (χ3v) is 4.29. The van der Waals surface area contributed by atoms with E-state index in [0.29, 0.717) is 11.3 Å². The van der Waals surface area contributed by atoms with E-state index in [0.717, 1.165) is 36.6 Å². The predicted molar refractivity (Wildman–Crippen MR) is 84.5 cm³/mol. The summed E-state index contributed by atoms with van der Waals surface area (Å²) in [7, 11) is 1.58. The van der Waals surface area contributed by atoms with Crippen LogP contribution in [0.2, 0.25) is 0 Å². The summed E-state index contributed by atoms with van der Waals surface area (Å²) in [4.78, 5) is 24.4. The van der Waals surface area contributed by atoms with E-state index >= 15 is 0 Å². The fourth-order valence-electron chi connectivity index (χ4n) is 3.11. The minimum absolute atomic E-state index is 0.116. The Bertz CT molecular complexity index is 727. The molecule has 0 atom stereocenters. The summed E-state index contributed by atoms with van der Waals surface area (Å²) in [5.74, 6) is 0.434. The minimum Gasteiger partial charge on any atom is -0.497 e. The molecule has 1 fully saturated rings. The van der Waals surface area contributed by atoms with Crippen molar-refractivity contribution in [3.05, 3.63) is 30.0 Å². The molecular weight excluding hydrogens is 280 g/mol. The summed E-state index contributed by atoms with van der Waals surface area (Å²) in [6.45, 7) is 1.49. The van der Waals surface area contributed by atoms with Crippen LogP contribution in [-0.2, 0) is 0 Å². The van der Waals surface area contributed by atoms with Gasteiger partial charge in [0.25, 0.3) is 5.91 Å². The summed E-state index contributed by atoms with van der Waals surface area (Å²) < 4.78 is 6.75. The number of aromatic nitrogens is 1. The number of nitrogens with zero attached hydrogens (tertiary/aromatic N) is 1. The fourth-order valence-corrected chi connectivity index (χ4v) is 3.11. The third-order valence-electron chi connectivity index (χ3n) is 4.29. The smallest absolute Gasteiger partial charge is 0.253 e. The number of hydrogen-bond acceptors (Lipinski definition) is 3. The van der Waals surface area contributed by atoms with Crippen LogP contribution in [0.15, 0.2) is 24.4 Å². The van der Waals surface area contributed by atoms with Gasteiger partial charge in [0.2, 0.25) is 5.91 Å². The van der Waals surface area contributed by atoms with Crippen molar-refractivity contribution in [1.29, 1.82) is 0 Å². The summed E-state index contributed by atoms with van der Waals surface area (Å²) in [5, 5.41) is 3.81. The summed E-state index contributed by atoms with van der Waals surface area (Å²) in [6, 6.07) is 5.65. The molecule has 1 amide bonds. The maximum Gasteiger partial charge on any atom is 0.253 e. The molecule has 116 valence electrons. The number of nitrogens with one attached hydrogen (secondary N) is 1. The number of ether oxygens (including phenoxy) is 1. The Morgan fingerprint density at radius 2 is 2.00 bits per heavy atom. The van der Waals surface area contributed by atoms with Crippen molar-refractivity contribution in [2.24, 2.45) is 0 Å². The molecule has 5 heteroatoms. The topological polar surface area (TPSA) is 60.3 Å². The number of carbonyl (C=O) groups excluding carboxylic acids is 2. The van der Waals surface area contributed by atoms with Gasteiger partial charge in [-0.15, -0.1) is 0 Å². The van der Waals surface area contributed by atoms with Crippen LogP contribution in [0, 0.1) is 0 Å². The lowest BCUT2D eigenvalue weighted by Gasteiger charge is -2.11. The van der Waals surface area contributed by atoms with Crippen LogP contribution in [0.4, 0.5) is 0 Å². The third kappa shape index (κ3) is 2.58. The molecule has 1 aromatic heterocycles. The van der Waals surface area contributed by atoms with Gasteiger partial charge in [-0.05, 0) is 31.0 Å². The number of hydrogen-bond donors (Lipinski definition) is 1. The van der Waals surface area contributed by atoms with Crippen LogP contribution in [-0.4, -0.2) is 29.5 Å². The first-order valence-electron chi connectivity index (χ1n) is 7.61. The molecule has 0 spiro atoms. The lowest BCUT2D eigenvalue weighted by atomic mass is 10.1. The van der Waals surface area contributed by atoms with Gasteiger partial charge in [0, 0.05) is 24.5 Å². The Balaban J connectivity index is 2.02. The molecule has 1 aliphatic carbocycles. The molecule has 0 unspecified atom stereocenters. The lowest BCUT2D eigenvalue weighted by Crippen LogP contribution is -2.32. The van der Waals surface area contributed by atoms with Crippen LogP contribution in [0.3, 0.4) is 0 Å². The average molecular weight is 300 g/mol. The van der Waals surface area contributed by atoms with Gasteiger partial charge in [-0.1, -0.05) is 12.8 Å². The SMILES string of the molecule is COc1ccc2c(c1)c(C(=O)NC1CCCC1)cn2C(C)=O. The maximum atomic E-state index is 12.6. The summed E-state index contributed by atoms with van der Waals surface area (Å²) in [6.07, 6.45) is 6.00. The van der Waals surface area contributed by atoms with Crippen molar-refractivity contribution in [1.82, 2.24) is 9.88 Å². The maximum absolute atomic E-state index is 12.6. The zero-order chi connectivity index (χ0) is 15.7. The van der Waals surface area contributed by atoms with Crippen LogP contribution in [0.25, 0.3) is 10.9 Å². The van der Waals surface area contributed by atoms with Gasteiger partial charge in [-0.2, -0.15) is 0 Å².